The van der Waals surface area contributed by atoms with Crippen LogP contribution in [0.15, 0.2) is 60.3 Å². The fourth-order valence-corrected chi connectivity index (χ4v) is 2.74. The number of carbonyl (C=O) groups is 1. The van der Waals surface area contributed by atoms with Gasteiger partial charge in [-0.1, -0.05) is 35.9 Å². The van der Waals surface area contributed by atoms with E-state index in [9.17, 15) is 10.1 Å². The van der Waals surface area contributed by atoms with Crippen molar-refractivity contribution in [3.8, 4) is 12.1 Å². The Balaban J connectivity index is 1.95. The molecule has 126 valence electrons. The summed E-state index contributed by atoms with van der Waals surface area (Å²) in [6, 6.07) is 19.0. The fraction of sp³-hybridized carbons (Fsp3) is 0.0952. The van der Waals surface area contributed by atoms with E-state index in [0.717, 1.165) is 22.0 Å². The van der Waals surface area contributed by atoms with Crippen molar-refractivity contribution in [3.05, 3.63) is 71.4 Å². The number of fused-ring (bicyclic) bond motifs is 1. The van der Waals surface area contributed by atoms with Crippen molar-refractivity contribution < 1.29 is 4.79 Å². The molecule has 1 heterocycles. The molecule has 3 rings (SSSR count). The quantitative estimate of drug-likeness (QED) is 0.575. The standard InChI is InChI=1S/C21H16N4O/c1-15-6-8-18(9-7-15)24-21(26)16(13-23)12-17-14-25(11-10-22)20-5-3-2-4-19(17)20/h2-9,12,14H,11H2,1H3,(H,24,26)/b16-12-. The Bertz CT molecular complexity index is 1080. The minimum atomic E-state index is -0.464. The van der Waals surface area contributed by atoms with Crippen LogP contribution in [0, 0.1) is 29.6 Å². The number of aromatic nitrogens is 1. The molecule has 26 heavy (non-hydrogen) atoms. The smallest absolute Gasteiger partial charge is 0.266 e. The summed E-state index contributed by atoms with van der Waals surface area (Å²) in [5.74, 6) is -0.464. The minimum Gasteiger partial charge on any atom is -0.333 e. The van der Waals surface area contributed by atoms with Crippen LogP contribution in [0.2, 0.25) is 0 Å². The largest absolute Gasteiger partial charge is 0.333 e. The summed E-state index contributed by atoms with van der Waals surface area (Å²) in [6.45, 7) is 2.16. The molecule has 3 aromatic rings. The lowest BCUT2D eigenvalue weighted by atomic mass is 10.1. The number of nitriles is 2. The first-order valence-corrected chi connectivity index (χ1v) is 8.07. The molecule has 0 unspecified atom stereocenters. The number of nitrogens with zero attached hydrogens (tertiary/aromatic N) is 3. The average Bonchev–Trinajstić information content (AvgIpc) is 2.99. The number of benzene rings is 2. The second kappa shape index (κ2) is 7.38. The molecule has 1 aromatic heterocycles. The molecule has 0 atom stereocenters. The highest BCUT2D eigenvalue weighted by Gasteiger charge is 2.12. The van der Waals surface area contributed by atoms with E-state index >= 15 is 0 Å². The van der Waals surface area contributed by atoms with Gasteiger partial charge in [0.25, 0.3) is 5.91 Å². The van der Waals surface area contributed by atoms with Crippen molar-refractivity contribution in [3.63, 3.8) is 0 Å². The molecule has 0 saturated heterocycles. The first-order chi connectivity index (χ1) is 12.6. The second-order valence-electron chi connectivity index (χ2n) is 5.88. The van der Waals surface area contributed by atoms with Gasteiger partial charge in [0.2, 0.25) is 0 Å². The maximum absolute atomic E-state index is 12.4. The SMILES string of the molecule is Cc1ccc(NC(=O)/C(C#N)=C\c2cn(CC#N)c3ccccc23)cc1. The lowest BCUT2D eigenvalue weighted by Gasteiger charge is -2.04. The molecule has 1 N–H and O–H groups in total. The van der Waals surface area contributed by atoms with E-state index in [-0.39, 0.29) is 12.1 Å². The number of anilines is 1. The maximum Gasteiger partial charge on any atom is 0.266 e. The summed E-state index contributed by atoms with van der Waals surface area (Å²) >= 11 is 0. The van der Waals surface area contributed by atoms with Gasteiger partial charge >= 0.3 is 0 Å². The van der Waals surface area contributed by atoms with E-state index in [1.165, 1.54) is 0 Å². The Morgan fingerprint density at radius 2 is 1.88 bits per heavy atom. The third kappa shape index (κ3) is 3.48. The highest BCUT2D eigenvalue weighted by atomic mass is 16.1. The molecule has 0 radical (unpaired) electrons. The molecule has 5 nitrogen and oxygen atoms in total. The monoisotopic (exact) mass is 340 g/mol. The van der Waals surface area contributed by atoms with Crippen LogP contribution in [0.1, 0.15) is 11.1 Å². The molecule has 0 aliphatic rings. The van der Waals surface area contributed by atoms with Crippen LogP contribution in [0.25, 0.3) is 17.0 Å². The summed E-state index contributed by atoms with van der Waals surface area (Å²) in [5, 5.41) is 22.0. The van der Waals surface area contributed by atoms with Crippen LogP contribution in [-0.4, -0.2) is 10.5 Å². The third-order valence-electron chi connectivity index (χ3n) is 4.03. The predicted octanol–water partition coefficient (Wildman–Crippen LogP) is 4.02. The van der Waals surface area contributed by atoms with Crippen molar-refractivity contribution in [2.24, 2.45) is 0 Å². The first-order valence-electron chi connectivity index (χ1n) is 8.07. The van der Waals surface area contributed by atoms with E-state index in [2.05, 4.69) is 11.4 Å². The van der Waals surface area contributed by atoms with Crippen molar-refractivity contribution in [1.29, 1.82) is 10.5 Å². The summed E-state index contributed by atoms with van der Waals surface area (Å²) < 4.78 is 1.80. The lowest BCUT2D eigenvalue weighted by molar-refractivity contribution is -0.112. The molecule has 2 aromatic carbocycles. The van der Waals surface area contributed by atoms with Crippen molar-refractivity contribution in [2.45, 2.75) is 13.5 Å². The molecule has 0 fully saturated rings. The number of nitrogens with one attached hydrogen (secondary N) is 1. The summed E-state index contributed by atoms with van der Waals surface area (Å²) in [5.41, 5.74) is 3.34. The highest BCUT2D eigenvalue weighted by molar-refractivity contribution is 6.10. The van der Waals surface area contributed by atoms with Gasteiger partial charge in [0, 0.05) is 28.4 Å². The van der Waals surface area contributed by atoms with Crippen LogP contribution in [0.5, 0.6) is 0 Å². The van der Waals surface area contributed by atoms with Gasteiger partial charge in [0.15, 0.2) is 0 Å². The third-order valence-corrected chi connectivity index (χ3v) is 4.03. The molecule has 5 heteroatoms. The zero-order valence-electron chi connectivity index (χ0n) is 14.2. The van der Waals surface area contributed by atoms with Gasteiger partial charge in [-0.3, -0.25) is 4.79 Å². The average molecular weight is 340 g/mol. The van der Waals surface area contributed by atoms with Gasteiger partial charge < -0.3 is 9.88 Å². The molecule has 0 aliphatic carbocycles. The zero-order chi connectivity index (χ0) is 18.5. The molecular weight excluding hydrogens is 324 g/mol. The lowest BCUT2D eigenvalue weighted by Crippen LogP contribution is -2.13. The van der Waals surface area contributed by atoms with Crippen LogP contribution in [0.4, 0.5) is 5.69 Å². The Labute approximate surface area is 151 Å². The summed E-state index contributed by atoms with van der Waals surface area (Å²) in [4.78, 5) is 12.4. The fourth-order valence-electron chi connectivity index (χ4n) is 2.74. The Hall–Kier alpha value is -3.83. The second-order valence-corrected chi connectivity index (χ2v) is 5.88. The van der Waals surface area contributed by atoms with E-state index in [0.29, 0.717) is 5.69 Å². The molecule has 0 saturated carbocycles. The Kier molecular flexibility index (Phi) is 4.83. The van der Waals surface area contributed by atoms with Gasteiger partial charge in [-0.25, -0.2) is 0 Å². The zero-order valence-corrected chi connectivity index (χ0v) is 14.2. The van der Waals surface area contributed by atoms with Gasteiger partial charge in [-0.15, -0.1) is 0 Å². The van der Waals surface area contributed by atoms with E-state index in [1.807, 2.05) is 49.4 Å². The highest BCUT2D eigenvalue weighted by Crippen LogP contribution is 2.24. The van der Waals surface area contributed by atoms with Gasteiger partial charge in [-0.05, 0) is 31.2 Å². The molecule has 1 amide bonds. The Morgan fingerprint density at radius 1 is 1.15 bits per heavy atom. The van der Waals surface area contributed by atoms with Gasteiger partial charge in [-0.2, -0.15) is 10.5 Å². The van der Waals surface area contributed by atoms with E-state index in [1.54, 1.807) is 29.0 Å². The number of aryl methyl sites for hydroxylation is 1. The number of amides is 1. The summed E-state index contributed by atoms with van der Waals surface area (Å²) in [7, 11) is 0. The predicted molar refractivity (Wildman–Crippen MR) is 101 cm³/mol. The van der Waals surface area contributed by atoms with Crippen LogP contribution < -0.4 is 5.32 Å². The molecular formula is C21H16N4O. The summed E-state index contributed by atoms with van der Waals surface area (Å²) in [6.07, 6.45) is 3.34. The van der Waals surface area contributed by atoms with E-state index < -0.39 is 5.91 Å². The molecule has 0 spiro atoms. The van der Waals surface area contributed by atoms with Crippen molar-refractivity contribution in [1.82, 2.24) is 4.57 Å². The van der Waals surface area contributed by atoms with Gasteiger partial charge in [0.05, 0.1) is 6.07 Å². The number of carbonyl (C=O) groups excluding carboxylic acids is 1. The van der Waals surface area contributed by atoms with Crippen molar-refractivity contribution in [2.75, 3.05) is 5.32 Å². The van der Waals surface area contributed by atoms with Gasteiger partial charge in [0.1, 0.15) is 18.2 Å². The van der Waals surface area contributed by atoms with Crippen LogP contribution in [-0.2, 0) is 11.3 Å². The minimum absolute atomic E-state index is 0.00503. The maximum atomic E-state index is 12.4. The number of hydrogen-bond acceptors (Lipinski definition) is 3. The number of para-hydroxylation sites is 1. The topological polar surface area (TPSA) is 81.6 Å². The number of rotatable bonds is 4. The van der Waals surface area contributed by atoms with E-state index in [4.69, 9.17) is 5.26 Å². The van der Waals surface area contributed by atoms with Crippen LogP contribution >= 0.6 is 0 Å². The molecule has 0 aliphatic heterocycles. The van der Waals surface area contributed by atoms with Crippen LogP contribution in [0.3, 0.4) is 0 Å². The van der Waals surface area contributed by atoms with Crippen molar-refractivity contribution >= 4 is 28.6 Å². The first kappa shape index (κ1) is 17.0. The number of hydrogen-bond donors (Lipinski definition) is 1. The normalized spacial score (nSPS) is 11.0. The Morgan fingerprint density at radius 3 is 2.58 bits per heavy atom. The molecule has 0 bridgehead atoms.